The first-order valence-corrected chi connectivity index (χ1v) is 6.93. The molecule has 1 aromatic carbocycles. The number of anilines is 1. The van der Waals surface area contributed by atoms with E-state index >= 15 is 0 Å². The van der Waals surface area contributed by atoms with E-state index in [2.05, 4.69) is 11.8 Å². The number of likely N-dealkylation sites (N-methyl/N-ethyl adjacent to an activating group) is 1. The van der Waals surface area contributed by atoms with Crippen molar-refractivity contribution in [2.45, 2.75) is 25.6 Å². The second-order valence-corrected chi connectivity index (χ2v) is 5.33. The second-order valence-electron chi connectivity index (χ2n) is 5.33. The van der Waals surface area contributed by atoms with E-state index in [-0.39, 0.29) is 5.56 Å². The first-order chi connectivity index (χ1) is 9.86. The summed E-state index contributed by atoms with van der Waals surface area (Å²) in [7, 11) is 2.05. The van der Waals surface area contributed by atoms with E-state index in [1.165, 1.54) is 6.07 Å². The fourth-order valence-electron chi connectivity index (χ4n) is 2.68. The van der Waals surface area contributed by atoms with E-state index in [9.17, 15) is 13.2 Å². The summed E-state index contributed by atoms with van der Waals surface area (Å²) in [5.74, 6) is 0. The Kier molecular flexibility index (Phi) is 4.43. The van der Waals surface area contributed by atoms with Crippen molar-refractivity contribution < 1.29 is 13.2 Å². The summed E-state index contributed by atoms with van der Waals surface area (Å²) in [4.78, 5) is 4.25. The van der Waals surface area contributed by atoms with Crippen LogP contribution in [0.15, 0.2) is 18.2 Å². The Balaban J connectivity index is 2.30. The summed E-state index contributed by atoms with van der Waals surface area (Å²) in [5, 5.41) is 9.16. The molecular formula is C15H18F3N3. The van der Waals surface area contributed by atoms with Gasteiger partial charge >= 0.3 is 6.18 Å². The lowest BCUT2D eigenvalue weighted by Crippen LogP contribution is -2.51. The summed E-state index contributed by atoms with van der Waals surface area (Å²) < 4.78 is 38.1. The van der Waals surface area contributed by atoms with Gasteiger partial charge in [0.05, 0.1) is 16.8 Å². The third kappa shape index (κ3) is 3.30. The number of rotatable bonds is 2. The van der Waals surface area contributed by atoms with Gasteiger partial charge in [0.25, 0.3) is 0 Å². The molecule has 0 N–H and O–H groups in total. The van der Waals surface area contributed by atoms with Crippen LogP contribution in [0.3, 0.4) is 0 Å². The lowest BCUT2D eigenvalue weighted by molar-refractivity contribution is -0.137. The highest BCUT2D eigenvalue weighted by Gasteiger charge is 2.32. The fraction of sp³-hybridized carbons (Fsp3) is 0.533. The molecule has 1 heterocycles. The van der Waals surface area contributed by atoms with Gasteiger partial charge in [-0.2, -0.15) is 18.4 Å². The first kappa shape index (κ1) is 15.6. The predicted octanol–water partition coefficient (Wildman–Crippen LogP) is 3.11. The van der Waals surface area contributed by atoms with E-state index in [1.54, 1.807) is 0 Å². The maximum atomic E-state index is 12.7. The zero-order chi connectivity index (χ0) is 15.6. The molecule has 0 aliphatic carbocycles. The van der Waals surface area contributed by atoms with Gasteiger partial charge in [-0.15, -0.1) is 0 Å². The van der Waals surface area contributed by atoms with Gasteiger partial charge in [-0.3, -0.25) is 4.90 Å². The molecular weight excluding hydrogens is 279 g/mol. The zero-order valence-corrected chi connectivity index (χ0v) is 12.1. The molecule has 1 saturated heterocycles. The summed E-state index contributed by atoms with van der Waals surface area (Å²) in [6, 6.07) is 5.65. The zero-order valence-electron chi connectivity index (χ0n) is 12.1. The van der Waals surface area contributed by atoms with Crippen molar-refractivity contribution in [3.8, 4) is 6.07 Å². The van der Waals surface area contributed by atoms with Gasteiger partial charge in [-0.05, 0) is 31.7 Å². The Morgan fingerprint density at radius 3 is 2.62 bits per heavy atom. The van der Waals surface area contributed by atoms with Crippen LogP contribution in [0, 0.1) is 11.3 Å². The smallest absolute Gasteiger partial charge is 0.368 e. The number of nitriles is 1. The van der Waals surface area contributed by atoms with Crippen molar-refractivity contribution in [2.24, 2.45) is 0 Å². The highest BCUT2D eigenvalue weighted by Crippen LogP contribution is 2.33. The number of piperazine rings is 1. The molecule has 0 radical (unpaired) electrons. The normalized spacial score (nSPS) is 20.4. The van der Waals surface area contributed by atoms with Crippen molar-refractivity contribution >= 4 is 5.69 Å². The maximum Gasteiger partial charge on any atom is 0.416 e. The van der Waals surface area contributed by atoms with E-state index in [0.29, 0.717) is 18.3 Å². The van der Waals surface area contributed by atoms with Gasteiger partial charge in [0.15, 0.2) is 0 Å². The minimum absolute atomic E-state index is 0.0873. The molecule has 1 unspecified atom stereocenters. The molecule has 0 amide bonds. The lowest BCUT2D eigenvalue weighted by Gasteiger charge is -2.40. The third-order valence-electron chi connectivity index (χ3n) is 4.03. The predicted molar refractivity (Wildman–Crippen MR) is 75.1 cm³/mol. The second kappa shape index (κ2) is 5.94. The molecule has 3 nitrogen and oxygen atoms in total. The Labute approximate surface area is 122 Å². The van der Waals surface area contributed by atoms with Gasteiger partial charge in [-0.25, -0.2) is 0 Å². The van der Waals surface area contributed by atoms with E-state index in [0.717, 1.165) is 31.6 Å². The lowest BCUT2D eigenvalue weighted by atomic mass is 10.0. The Bertz CT molecular complexity index is 548. The maximum absolute atomic E-state index is 12.7. The number of hydrogen-bond donors (Lipinski definition) is 0. The highest BCUT2D eigenvalue weighted by atomic mass is 19.4. The Morgan fingerprint density at radius 2 is 2.05 bits per heavy atom. The van der Waals surface area contributed by atoms with Crippen molar-refractivity contribution in [3.63, 3.8) is 0 Å². The molecule has 0 spiro atoms. The van der Waals surface area contributed by atoms with Gasteiger partial charge in [0.2, 0.25) is 0 Å². The van der Waals surface area contributed by atoms with Crippen molar-refractivity contribution in [2.75, 3.05) is 31.6 Å². The molecule has 1 fully saturated rings. The van der Waals surface area contributed by atoms with Crippen LogP contribution >= 0.6 is 0 Å². The molecule has 21 heavy (non-hydrogen) atoms. The van der Waals surface area contributed by atoms with Gasteiger partial charge < -0.3 is 4.90 Å². The van der Waals surface area contributed by atoms with E-state index < -0.39 is 11.7 Å². The van der Waals surface area contributed by atoms with Gasteiger partial charge in [-0.1, -0.05) is 6.92 Å². The third-order valence-corrected chi connectivity index (χ3v) is 4.03. The molecule has 1 aliphatic heterocycles. The minimum Gasteiger partial charge on any atom is -0.368 e. The van der Waals surface area contributed by atoms with Crippen LogP contribution in [0.5, 0.6) is 0 Å². The van der Waals surface area contributed by atoms with Crippen LogP contribution in [-0.2, 0) is 6.18 Å². The van der Waals surface area contributed by atoms with Gasteiger partial charge in [0, 0.05) is 25.7 Å². The van der Waals surface area contributed by atoms with E-state index in [1.807, 2.05) is 18.0 Å². The molecule has 0 saturated carbocycles. The Hall–Kier alpha value is -1.74. The van der Waals surface area contributed by atoms with Crippen LogP contribution in [0.2, 0.25) is 0 Å². The fourth-order valence-corrected chi connectivity index (χ4v) is 2.68. The van der Waals surface area contributed by atoms with Gasteiger partial charge in [0.1, 0.15) is 6.07 Å². The summed E-state index contributed by atoms with van der Waals surface area (Å²) in [6.45, 7) is 4.37. The molecule has 6 heteroatoms. The number of nitrogens with zero attached hydrogens (tertiary/aromatic N) is 3. The number of alkyl halides is 3. The monoisotopic (exact) mass is 297 g/mol. The molecule has 114 valence electrons. The van der Waals surface area contributed by atoms with Crippen molar-refractivity contribution in [3.05, 3.63) is 29.3 Å². The summed E-state index contributed by atoms with van der Waals surface area (Å²) in [5.41, 5.74) is -0.0924. The molecule has 1 atom stereocenters. The average Bonchev–Trinajstić information content (AvgIpc) is 2.46. The average molecular weight is 297 g/mol. The van der Waals surface area contributed by atoms with Crippen LogP contribution in [-0.4, -0.2) is 37.6 Å². The van der Waals surface area contributed by atoms with Crippen molar-refractivity contribution in [1.29, 1.82) is 5.26 Å². The summed E-state index contributed by atoms with van der Waals surface area (Å²) >= 11 is 0. The van der Waals surface area contributed by atoms with Crippen LogP contribution in [0.1, 0.15) is 24.5 Å². The van der Waals surface area contributed by atoms with E-state index in [4.69, 9.17) is 5.26 Å². The standard InChI is InChI=1S/C15H18F3N3/c1-3-13-10-21(7-6-20(13)2)14-5-4-12(15(16,17)18)8-11(14)9-19/h4-5,8,13H,3,6-7,10H2,1-2H3. The SMILES string of the molecule is CCC1CN(c2ccc(C(F)(F)F)cc2C#N)CCN1C. The highest BCUT2D eigenvalue weighted by molar-refractivity contribution is 5.61. The van der Waals surface area contributed by atoms with Crippen LogP contribution < -0.4 is 4.90 Å². The van der Waals surface area contributed by atoms with Crippen molar-refractivity contribution in [1.82, 2.24) is 4.90 Å². The first-order valence-electron chi connectivity index (χ1n) is 6.93. The number of hydrogen-bond acceptors (Lipinski definition) is 3. The van der Waals surface area contributed by atoms with Crippen LogP contribution in [0.25, 0.3) is 0 Å². The topological polar surface area (TPSA) is 30.3 Å². The molecule has 1 aromatic rings. The minimum atomic E-state index is -4.42. The molecule has 1 aliphatic rings. The molecule has 0 aromatic heterocycles. The van der Waals surface area contributed by atoms with Crippen LogP contribution in [0.4, 0.5) is 18.9 Å². The largest absolute Gasteiger partial charge is 0.416 e. The molecule has 2 rings (SSSR count). The molecule has 0 bridgehead atoms. The number of benzene rings is 1. The summed E-state index contributed by atoms with van der Waals surface area (Å²) in [6.07, 6.45) is -3.45. The Morgan fingerprint density at radius 1 is 1.33 bits per heavy atom. The quantitative estimate of drug-likeness (QED) is 0.840. The number of halogens is 3.